The lowest BCUT2D eigenvalue weighted by atomic mass is 9.33. The second-order valence-electron chi connectivity index (χ2n) is 23.8. The zero-order valence-electron chi connectivity index (χ0n) is 49.6. The maximum atomic E-state index is 14.8. The third-order valence-corrected chi connectivity index (χ3v) is 18.1. The van der Waals surface area contributed by atoms with Crippen molar-refractivity contribution in [2.24, 2.45) is 0 Å². The maximum Gasteiger partial charge on any atom is 0.416 e. The standard InChI is InChI=1S/C81H49BF9N3/c83-79(84,85)61-34-36-72(67(49-61)60-39-62(80(86,87)88)48-63(40-60)81(89,90)91)94-71-30-16-13-27-66(71)68-45-54(33-35-73(68)94)59-46-76-78-77(47-59)93(65-43-57(52-23-9-3-10-24-52)38-58(44-65)53-25-11-4-12-26-53)75-32-18-15-29-70(75)82(78)69-28-14-17-31-74(69)92(76)64-41-55(50-19-5-1-6-20-50)37-56(42-64)51-21-7-2-8-22-51/h1-49H. The van der Waals surface area contributed by atoms with E-state index in [-0.39, 0.29) is 18.5 Å². The predicted molar refractivity (Wildman–Crippen MR) is 362 cm³/mol. The van der Waals surface area contributed by atoms with E-state index in [1.807, 2.05) is 103 Å². The minimum Gasteiger partial charge on any atom is -0.311 e. The molecule has 0 saturated heterocycles. The highest BCUT2D eigenvalue weighted by atomic mass is 19.4. The van der Waals surface area contributed by atoms with Crippen molar-refractivity contribution >= 4 is 79.0 Å². The molecular formula is C81H49BF9N3. The Morgan fingerprint density at radius 2 is 0.649 bits per heavy atom. The van der Waals surface area contributed by atoms with Crippen molar-refractivity contribution in [2.75, 3.05) is 9.80 Å². The van der Waals surface area contributed by atoms with Crippen LogP contribution in [0.4, 0.5) is 73.6 Å². The van der Waals surface area contributed by atoms with Gasteiger partial charge in [-0.15, -0.1) is 0 Å². The Morgan fingerprint density at radius 3 is 1.11 bits per heavy atom. The quantitative estimate of drug-likeness (QED) is 0.105. The van der Waals surface area contributed by atoms with Gasteiger partial charge in [0.1, 0.15) is 0 Å². The smallest absolute Gasteiger partial charge is 0.311 e. The van der Waals surface area contributed by atoms with Gasteiger partial charge < -0.3 is 14.4 Å². The van der Waals surface area contributed by atoms with Gasteiger partial charge >= 0.3 is 18.5 Å². The average molecular weight is 1250 g/mol. The van der Waals surface area contributed by atoms with E-state index in [1.165, 1.54) is 0 Å². The summed E-state index contributed by atoms with van der Waals surface area (Å²) in [4.78, 5) is 4.73. The lowest BCUT2D eigenvalue weighted by molar-refractivity contribution is -0.143. The van der Waals surface area contributed by atoms with Crippen LogP contribution >= 0.6 is 0 Å². The highest BCUT2D eigenvalue weighted by Crippen LogP contribution is 2.50. The zero-order chi connectivity index (χ0) is 64.2. The molecule has 0 bridgehead atoms. The molecule has 0 amide bonds. The summed E-state index contributed by atoms with van der Waals surface area (Å²) in [6.07, 6.45) is -15.6. The van der Waals surface area contributed by atoms with Crippen LogP contribution in [-0.2, 0) is 18.5 Å². The topological polar surface area (TPSA) is 11.4 Å². The second kappa shape index (κ2) is 22.2. The van der Waals surface area contributed by atoms with E-state index in [4.69, 9.17) is 0 Å². The van der Waals surface area contributed by atoms with Crippen molar-refractivity contribution < 1.29 is 39.5 Å². The van der Waals surface area contributed by atoms with Gasteiger partial charge in [-0.2, -0.15) is 39.5 Å². The molecule has 94 heavy (non-hydrogen) atoms. The number of halogens is 9. The van der Waals surface area contributed by atoms with Crippen molar-refractivity contribution in [3.8, 4) is 72.4 Å². The van der Waals surface area contributed by atoms with Crippen LogP contribution in [0, 0.1) is 0 Å². The van der Waals surface area contributed by atoms with Crippen LogP contribution in [0.5, 0.6) is 0 Å². The molecule has 0 N–H and O–H groups in total. The molecule has 0 atom stereocenters. The van der Waals surface area contributed by atoms with Crippen molar-refractivity contribution in [3.63, 3.8) is 0 Å². The Balaban J connectivity index is 0.979. The molecule has 3 nitrogen and oxygen atoms in total. The summed E-state index contributed by atoms with van der Waals surface area (Å²) in [5.74, 6) is 0. The van der Waals surface area contributed by atoms with Crippen LogP contribution in [0.15, 0.2) is 297 Å². The summed E-state index contributed by atoms with van der Waals surface area (Å²) in [6.45, 7) is -0.266. The van der Waals surface area contributed by atoms with Crippen molar-refractivity contribution in [1.29, 1.82) is 0 Å². The lowest BCUT2D eigenvalue weighted by Crippen LogP contribution is -2.61. The maximum absolute atomic E-state index is 14.8. The Labute approximate surface area is 535 Å². The molecular weight excluding hydrogens is 1200 g/mol. The summed E-state index contributed by atoms with van der Waals surface area (Å²) in [6, 6.07) is 92.4. The zero-order valence-corrected chi connectivity index (χ0v) is 49.6. The molecule has 0 radical (unpaired) electrons. The summed E-state index contributed by atoms with van der Waals surface area (Å²) < 4.78 is 133. The molecule has 0 saturated carbocycles. The number of rotatable bonds is 9. The largest absolute Gasteiger partial charge is 0.416 e. The number of para-hydroxylation sites is 3. The number of anilines is 6. The van der Waals surface area contributed by atoms with E-state index in [0.717, 1.165) is 118 Å². The molecule has 14 aromatic rings. The van der Waals surface area contributed by atoms with Gasteiger partial charge in [0.2, 0.25) is 0 Å². The first kappa shape index (κ1) is 57.8. The number of hydrogen-bond acceptors (Lipinski definition) is 2. The number of nitrogens with zero attached hydrogens (tertiary/aromatic N) is 3. The first-order valence-electron chi connectivity index (χ1n) is 30.5. The fourth-order valence-corrected chi connectivity index (χ4v) is 14.0. The number of aromatic nitrogens is 1. The van der Waals surface area contributed by atoms with Crippen molar-refractivity contribution in [3.05, 3.63) is 314 Å². The van der Waals surface area contributed by atoms with Gasteiger partial charge in [-0.1, -0.05) is 182 Å². The first-order chi connectivity index (χ1) is 45.5. The van der Waals surface area contributed by atoms with E-state index in [9.17, 15) is 39.5 Å². The van der Waals surface area contributed by atoms with Gasteiger partial charge in [0.15, 0.2) is 0 Å². The van der Waals surface area contributed by atoms with Crippen LogP contribution in [-0.4, -0.2) is 11.3 Å². The minimum atomic E-state index is -5.27. The van der Waals surface area contributed by atoms with Crippen LogP contribution in [0.3, 0.4) is 0 Å². The Morgan fingerprint density at radius 1 is 0.245 bits per heavy atom. The monoisotopic (exact) mass is 1250 g/mol. The molecule has 0 spiro atoms. The highest BCUT2D eigenvalue weighted by Gasteiger charge is 2.44. The molecule has 3 heterocycles. The van der Waals surface area contributed by atoms with Crippen molar-refractivity contribution in [1.82, 2.24) is 4.57 Å². The van der Waals surface area contributed by atoms with Gasteiger partial charge in [0.25, 0.3) is 6.71 Å². The van der Waals surface area contributed by atoms with E-state index in [1.54, 1.807) is 16.7 Å². The summed E-state index contributed by atoms with van der Waals surface area (Å²) >= 11 is 0. The van der Waals surface area contributed by atoms with Crippen molar-refractivity contribution in [2.45, 2.75) is 18.5 Å². The molecule has 2 aliphatic heterocycles. The molecule has 1 aromatic heterocycles. The van der Waals surface area contributed by atoms with E-state index in [0.29, 0.717) is 40.0 Å². The Kier molecular flexibility index (Phi) is 13.7. The average Bonchev–Trinajstić information content (AvgIpc) is 0.835. The second-order valence-corrected chi connectivity index (χ2v) is 23.8. The number of benzene rings is 13. The molecule has 2 aliphatic rings. The van der Waals surface area contributed by atoms with Gasteiger partial charge in [-0.3, -0.25) is 0 Å². The van der Waals surface area contributed by atoms with Crippen LogP contribution in [0.2, 0.25) is 0 Å². The molecule has 454 valence electrons. The summed E-state index contributed by atoms with van der Waals surface area (Å²) in [7, 11) is 0. The van der Waals surface area contributed by atoms with E-state index in [2.05, 4.69) is 155 Å². The highest BCUT2D eigenvalue weighted by molar-refractivity contribution is 7.00. The SMILES string of the molecule is FC(F)(F)c1cc(-c2cc(C(F)(F)F)ccc2-n2c3ccccc3c3cc(-c4cc5c6c(c4)N(c4cc(-c7ccccc7)cc(-c7ccccc7)c4)c4ccccc4B6c4ccccc4N5c4cc(-c5ccccc5)cc(-c5ccccc5)c4)ccc32)cc(C(F)(F)F)c1. The Bertz CT molecular complexity index is 4950. The van der Waals surface area contributed by atoms with Gasteiger partial charge in [-0.25, -0.2) is 0 Å². The Hall–Kier alpha value is -11.3. The van der Waals surface area contributed by atoms with Crippen LogP contribution in [0.25, 0.3) is 94.3 Å². The van der Waals surface area contributed by atoms with Gasteiger partial charge in [-0.05, 0) is 193 Å². The van der Waals surface area contributed by atoms with Gasteiger partial charge in [0.05, 0.1) is 33.4 Å². The summed E-state index contributed by atoms with van der Waals surface area (Å²) in [5.41, 5.74) is 13.6. The number of hydrogen-bond donors (Lipinski definition) is 0. The van der Waals surface area contributed by atoms with E-state index >= 15 is 0 Å². The summed E-state index contributed by atoms with van der Waals surface area (Å²) in [5, 5.41) is 1.26. The van der Waals surface area contributed by atoms with Crippen LogP contribution in [0.1, 0.15) is 16.7 Å². The van der Waals surface area contributed by atoms with Gasteiger partial charge in [0, 0.05) is 50.5 Å². The minimum absolute atomic E-state index is 0.0304. The fraction of sp³-hybridized carbons (Fsp3) is 0.0370. The fourth-order valence-electron chi connectivity index (χ4n) is 14.0. The number of alkyl halides is 9. The normalized spacial score (nSPS) is 12.9. The molecule has 0 unspecified atom stereocenters. The number of fused-ring (bicyclic) bond motifs is 7. The lowest BCUT2D eigenvalue weighted by Gasteiger charge is -2.44. The molecule has 0 fully saturated rings. The third kappa shape index (κ3) is 10.1. The predicted octanol–water partition coefficient (Wildman–Crippen LogP) is 21.9. The molecule has 16 rings (SSSR count). The molecule has 0 aliphatic carbocycles. The van der Waals surface area contributed by atoms with E-state index < -0.39 is 46.3 Å². The molecule has 13 heteroatoms. The first-order valence-corrected chi connectivity index (χ1v) is 30.5. The van der Waals surface area contributed by atoms with Crippen LogP contribution < -0.4 is 26.2 Å². The third-order valence-electron chi connectivity index (χ3n) is 18.1. The molecule has 13 aromatic carbocycles.